The molecule has 0 saturated carbocycles. The van der Waals surface area contributed by atoms with Gasteiger partial charge in [-0.05, 0) is 59.1 Å². The summed E-state index contributed by atoms with van der Waals surface area (Å²) < 4.78 is 5.93. The van der Waals surface area contributed by atoms with E-state index in [1.165, 1.54) is 5.56 Å². The summed E-state index contributed by atoms with van der Waals surface area (Å²) in [4.78, 5) is 16.2. The second-order valence-corrected chi connectivity index (χ2v) is 5.99. The van der Waals surface area contributed by atoms with Crippen LogP contribution in [0.4, 0.5) is 11.4 Å². The molecule has 5 nitrogen and oxygen atoms in total. The standard InChI is InChI=1S/C17H20BrN3O2/c1-12-4-5-15(14(18)10-12)21-13-6-8-19-16(11-13)17(22)20-7-3-9-23-2/h4-6,8,10-11H,3,7,9H2,1-2H3,(H,19,21)(H,20,22). The van der Waals surface area contributed by atoms with Crippen molar-refractivity contribution in [1.82, 2.24) is 10.3 Å². The minimum atomic E-state index is -0.187. The molecule has 0 saturated heterocycles. The van der Waals surface area contributed by atoms with Crippen molar-refractivity contribution in [2.75, 3.05) is 25.6 Å². The first-order valence-electron chi connectivity index (χ1n) is 7.36. The summed E-state index contributed by atoms with van der Waals surface area (Å²) in [5.74, 6) is -0.187. The first-order chi connectivity index (χ1) is 11.1. The van der Waals surface area contributed by atoms with Crippen molar-refractivity contribution >= 4 is 33.2 Å². The Hall–Kier alpha value is -1.92. The molecule has 0 radical (unpaired) electrons. The van der Waals surface area contributed by atoms with E-state index < -0.39 is 0 Å². The number of benzene rings is 1. The monoisotopic (exact) mass is 377 g/mol. The predicted octanol–water partition coefficient (Wildman–Crippen LogP) is 3.66. The van der Waals surface area contributed by atoms with Crippen LogP contribution in [-0.4, -0.2) is 31.2 Å². The fourth-order valence-corrected chi connectivity index (χ4v) is 2.61. The lowest BCUT2D eigenvalue weighted by Crippen LogP contribution is -2.26. The van der Waals surface area contributed by atoms with Crippen LogP contribution in [0, 0.1) is 6.92 Å². The van der Waals surface area contributed by atoms with Gasteiger partial charge in [0, 0.05) is 36.6 Å². The summed E-state index contributed by atoms with van der Waals surface area (Å²) in [6, 6.07) is 9.61. The quantitative estimate of drug-likeness (QED) is 0.722. The van der Waals surface area contributed by atoms with Crippen LogP contribution in [0.3, 0.4) is 0 Å². The van der Waals surface area contributed by atoms with E-state index in [0.29, 0.717) is 18.8 Å². The molecule has 2 rings (SSSR count). The average Bonchev–Trinajstić information content (AvgIpc) is 2.54. The van der Waals surface area contributed by atoms with E-state index in [1.807, 2.05) is 31.2 Å². The molecule has 1 aromatic heterocycles. The Balaban J connectivity index is 2.03. The van der Waals surface area contributed by atoms with Gasteiger partial charge in [0.25, 0.3) is 5.91 Å². The molecule has 0 unspecified atom stereocenters. The molecular weight excluding hydrogens is 358 g/mol. The van der Waals surface area contributed by atoms with E-state index in [4.69, 9.17) is 4.74 Å². The second-order valence-electron chi connectivity index (χ2n) is 5.14. The van der Waals surface area contributed by atoms with E-state index in [0.717, 1.165) is 22.3 Å². The van der Waals surface area contributed by atoms with Crippen molar-refractivity contribution in [3.05, 3.63) is 52.3 Å². The molecule has 0 aliphatic carbocycles. The van der Waals surface area contributed by atoms with Crippen LogP contribution in [0.25, 0.3) is 0 Å². The van der Waals surface area contributed by atoms with E-state index in [9.17, 15) is 4.79 Å². The number of ether oxygens (including phenoxy) is 1. The summed E-state index contributed by atoms with van der Waals surface area (Å²) in [5, 5.41) is 6.11. The number of nitrogens with one attached hydrogen (secondary N) is 2. The number of methoxy groups -OCH3 is 1. The van der Waals surface area contributed by atoms with Gasteiger partial charge in [-0.3, -0.25) is 9.78 Å². The highest BCUT2D eigenvalue weighted by molar-refractivity contribution is 9.10. The van der Waals surface area contributed by atoms with Gasteiger partial charge < -0.3 is 15.4 Å². The summed E-state index contributed by atoms with van der Waals surface area (Å²) in [6.45, 7) is 3.22. The van der Waals surface area contributed by atoms with Gasteiger partial charge >= 0.3 is 0 Å². The van der Waals surface area contributed by atoms with Crippen molar-refractivity contribution in [1.29, 1.82) is 0 Å². The average molecular weight is 378 g/mol. The van der Waals surface area contributed by atoms with E-state index in [-0.39, 0.29) is 5.91 Å². The van der Waals surface area contributed by atoms with Gasteiger partial charge in [-0.15, -0.1) is 0 Å². The molecule has 0 spiro atoms. The molecule has 0 aliphatic rings. The molecule has 2 aromatic rings. The number of pyridine rings is 1. The topological polar surface area (TPSA) is 63.2 Å². The van der Waals surface area contributed by atoms with Gasteiger partial charge in [0.05, 0.1) is 5.69 Å². The molecule has 6 heteroatoms. The smallest absolute Gasteiger partial charge is 0.269 e. The molecule has 1 heterocycles. The predicted molar refractivity (Wildman–Crippen MR) is 95.2 cm³/mol. The maximum atomic E-state index is 12.1. The summed E-state index contributed by atoms with van der Waals surface area (Å²) in [6.07, 6.45) is 2.39. The maximum absolute atomic E-state index is 12.1. The minimum absolute atomic E-state index is 0.187. The molecule has 0 aliphatic heterocycles. The first-order valence-corrected chi connectivity index (χ1v) is 8.16. The number of nitrogens with zero attached hydrogens (tertiary/aromatic N) is 1. The Labute approximate surface area is 144 Å². The Bertz CT molecular complexity index is 677. The zero-order valence-corrected chi connectivity index (χ0v) is 14.8. The number of hydrogen-bond donors (Lipinski definition) is 2. The third-order valence-electron chi connectivity index (χ3n) is 3.21. The van der Waals surface area contributed by atoms with Gasteiger partial charge in [-0.25, -0.2) is 0 Å². The van der Waals surface area contributed by atoms with E-state index in [1.54, 1.807) is 19.4 Å². The third-order valence-corrected chi connectivity index (χ3v) is 3.86. The Morgan fingerprint density at radius 2 is 2.13 bits per heavy atom. The number of halogens is 1. The van der Waals surface area contributed by atoms with Crippen molar-refractivity contribution < 1.29 is 9.53 Å². The highest BCUT2D eigenvalue weighted by atomic mass is 79.9. The van der Waals surface area contributed by atoms with Crippen LogP contribution in [0.2, 0.25) is 0 Å². The number of aromatic nitrogens is 1. The number of carbonyl (C=O) groups is 1. The van der Waals surface area contributed by atoms with Gasteiger partial charge in [-0.1, -0.05) is 6.07 Å². The summed E-state index contributed by atoms with van der Waals surface area (Å²) in [7, 11) is 1.64. The van der Waals surface area contributed by atoms with E-state index >= 15 is 0 Å². The SMILES string of the molecule is COCCCNC(=O)c1cc(Nc2ccc(C)cc2Br)ccn1. The number of rotatable bonds is 7. The van der Waals surface area contributed by atoms with Gasteiger partial charge in [0.2, 0.25) is 0 Å². The number of aryl methyl sites for hydroxylation is 1. The fourth-order valence-electron chi connectivity index (χ4n) is 2.02. The molecule has 1 aromatic carbocycles. The number of amides is 1. The van der Waals surface area contributed by atoms with Crippen LogP contribution < -0.4 is 10.6 Å². The molecule has 0 bridgehead atoms. The highest BCUT2D eigenvalue weighted by Crippen LogP contribution is 2.26. The van der Waals surface area contributed by atoms with Crippen molar-refractivity contribution in [3.8, 4) is 0 Å². The van der Waals surface area contributed by atoms with Gasteiger partial charge in [-0.2, -0.15) is 0 Å². The highest BCUT2D eigenvalue weighted by Gasteiger charge is 2.08. The lowest BCUT2D eigenvalue weighted by molar-refractivity contribution is 0.0943. The zero-order valence-electron chi connectivity index (χ0n) is 13.2. The Morgan fingerprint density at radius 1 is 1.30 bits per heavy atom. The summed E-state index contributed by atoms with van der Waals surface area (Å²) >= 11 is 3.53. The lowest BCUT2D eigenvalue weighted by Gasteiger charge is -2.10. The van der Waals surface area contributed by atoms with E-state index in [2.05, 4.69) is 31.5 Å². The van der Waals surface area contributed by atoms with Crippen LogP contribution in [0.5, 0.6) is 0 Å². The van der Waals surface area contributed by atoms with Crippen LogP contribution >= 0.6 is 15.9 Å². The molecule has 23 heavy (non-hydrogen) atoms. The van der Waals surface area contributed by atoms with Crippen molar-refractivity contribution in [2.24, 2.45) is 0 Å². The number of anilines is 2. The Kier molecular flexibility index (Phi) is 6.55. The van der Waals surface area contributed by atoms with Crippen LogP contribution in [0.15, 0.2) is 41.0 Å². The molecule has 0 atom stereocenters. The first kappa shape index (κ1) is 17.4. The number of hydrogen-bond acceptors (Lipinski definition) is 4. The van der Waals surface area contributed by atoms with Crippen molar-refractivity contribution in [3.63, 3.8) is 0 Å². The fraction of sp³-hybridized carbons (Fsp3) is 0.294. The van der Waals surface area contributed by atoms with Crippen molar-refractivity contribution in [2.45, 2.75) is 13.3 Å². The minimum Gasteiger partial charge on any atom is -0.385 e. The zero-order chi connectivity index (χ0) is 16.7. The summed E-state index contributed by atoms with van der Waals surface area (Å²) in [5.41, 5.74) is 3.31. The molecular formula is C17H20BrN3O2. The molecule has 0 fully saturated rings. The molecule has 1 amide bonds. The van der Waals surface area contributed by atoms with Gasteiger partial charge in [0.1, 0.15) is 5.69 Å². The number of carbonyl (C=O) groups excluding carboxylic acids is 1. The Morgan fingerprint density at radius 3 is 2.87 bits per heavy atom. The normalized spacial score (nSPS) is 10.4. The third kappa shape index (κ3) is 5.33. The molecule has 2 N–H and O–H groups in total. The van der Waals surface area contributed by atoms with Gasteiger partial charge in [0.15, 0.2) is 0 Å². The largest absolute Gasteiger partial charge is 0.385 e. The van der Waals surface area contributed by atoms with Crippen LogP contribution in [0.1, 0.15) is 22.5 Å². The van der Waals surface area contributed by atoms with Crippen LogP contribution in [-0.2, 0) is 4.74 Å². The molecule has 122 valence electrons. The maximum Gasteiger partial charge on any atom is 0.269 e. The second kappa shape index (κ2) is 8.64. The lowest BCUT2D eigenvalue weighted by atomic mass is 10.2.